The van der Waals surface area contributed by atoms with Gasteiger partial charge >= 0.3 is 6.03 Å². The molecule has 2 amide bonds. The highest BCUT2D eigenvalue weighted by Gasteiger charge is 2.30. The maximum atomic E-state index is 12.0. The lowest BCUT2D eigenvalue weighted by atomic mass is 9.93. The number of hydrogen-bond acceptors (Lipinski definition) is 3. The summed E-state index contributed by atoms with van der Waals surface area (Å²) in [4.78, 5) is 12.7. The van der Waals surface area contributed by atoms with Crippen LogP contribution in [0.25, 0.3) is 0 Å². The van der Waals surface area contributed by atoms with Gasteiger partial charge in [0, 0.05) is 46.7 Å². The number of benzene rings is 1. The summed E-state index contributed by atoms with van der Waals surface area (Å²) in [5.74, 6) is 0.814. The summed E-state index contributed by atoms with van der Waals surface area (Å²) in [7, 11) is -1.06. The molecule has 2 rings (SSSR count). The molecule has 1 fully saturated rings. The molecule has 22 heavy (non-hydrogen) atoms. The smallest absolute Gasteiger partial charge is 0.319 e. The average Bonchev–Trinajstić information content (AvgIpc) is 2.94. The predicted molar refractivity (Wildman–Crippen MR) is 88.5 cm³/mol. The number of urea groups is 1. The highest BCUT2D eigenvalue weighted by molar-refractivity contribution is 7.84. The summed E-state index contributed by atoms with van der Waals surface area (Å²) >= 11 is 0. The van der Waals surface area contributed by atoms with Crippen LogP contribution in [0.3, 0.4) is 0 Å². The van der Waals surface area contributed by atoms with Crippen molar-refractivity contribution in [3.05, 3.63) is 24.3 Å². The van der Waals surface area contributed by atoms with Crippen LogP contribution >= 0.6 is 0 Å². The summed E-state index contributed by atoms with van der Waals surface area (Å²) in [6.45, 7) is 5.65. The van der Waals surface area contributed by atoms with Gasteiger partial charge in [-0.3, -0.25) is 4.21 Å². The maximum absolute atomic E-state index is 12.0. The van der Waals surface area contributed by atoms with Crippen molar-refractivity contribution in [1.29, 1.82) is 0 Å². The highest BCUT2D eigenvalue weighted by Crippen LogP contribution is 2.26. The lowest BCUT2D eigenvalue weighted by molar-refractivity contribution is 0.0546. The van der Waals surface area contributed by atoms with Crippen molar-refractivity contribution in [2.75, 3.05) is 24.7 Å². The van der Waals surface area contributed by atoms with Crippen LogP contribution in [0.2, 0.25) is 0 Å². The molecule has 0 aliphatic carbocycles. The first-order valence-electron chi connectivity index (χ1n) is 7.57. The van der Waals surface area contributed by atoms with E-state index in [2.05, 4.69) is 24.5 Å². The van der Waals surface area contributed by atoms with Gasteiger partial charge in [0.1, 0.15) is 0 Å². The van der Waals surface area contributed by atoms with Crippen molar-refractivity contribution in [2.24, 2.45) is 11.8 Å². The average molecular weight is 324 g/mol. The van der Waals surface area contributed by atoms with Crippen molar-refractivity contribution in [3.63, 3.8) is 0 Å². The van der Waals surface area contributed by atoms with Crippen LogP contribution in [0.15, 0.2) is 29.2 Å². The lowest BCUT2D eigenvalue weighted by Gasteiger charge is -2.22. The molecule has 122 valence electrons. The van der Waals surface area contributed by atoms with Crippen LogP contribution in [0.4, 0.5) is 10.5 Å². The first kappa shape index (κ1) is 17.0. The van der Waals surface area contributed by atoms with Gasteiger partial charge in [0.2, 0.25) is 0 Å². The Morgan fingerprint density at radius 3 is 2.91 bits per heavy atom. The molecule has 3 atom stereocenters. The molecule has 0 radical (unpaired) electrons. The van der Waals surface area contributed by atoms with Gasteiger partial charge in [-0.15, -0.1) is 0 Å². The van der Waals surface area contributed by atoms with Crippen LogP contribution in [-0.4, -0.2) is 35.8 Å². The fraction of sp³-hybridized carbons (Fsp3) is 0.562. The van der Waals surface area contributed by atoms with Crippen molar-refractivity contribution < 1.29 is 13.7 Å². The van der Waals surface area contributed by atoms with Crippen LogP contribution < -0.4 is 10.6 Å². The molecule has 1 aromatic rings. The normalized spacial score (nSPS) is 22.5. The zero-order chi connectivity index (χ0) is 16.1. The monoisotopic (exact) mass is 324 g/mol. The Labute approximate surface area is 134 Å². The molecule has 5 nitrogen and oxygen atoms in total. The molecular weight excluding hydrogens is 300 g/mol. The third-order valence-electron chi connectivity index (χ3n) is 3.87. The van der Waals surface area contributed by atoms with Gasteiger partial charge in [-0.25, -0.2) is 4.79 Å². The number of ether oxygens (including phenoxy) is 1. The molecule has 1 aromatic carbocycles. The molecule has 1 saturated heterocycles. The maximum Gasteiger partial charge on any atom is 0.319 e. The second-order valence-electron chi connectivity index (χ2n) is 5.95. The minimum Gasteiger partial charge on any atom is -0.378 e. The SMILES string of the molecule is CC(C)[C@@H]1OCC[C@@H]1CNC(=O)Nc1cccc([S@](C)=O)c1. The second kappa shape index (κ2) is 7.74. The number of rotatable bonds is 5. The fourth-order valence-electron chi connectivity index (χ4n) is 2.76. The number of anilines is 1. The van der Waals surface area contributed by atoms with Crippen LogP contribution in [-0.2, 0) is 15.5 Å². The van der Waals surface area contributed by atoms with Crippen molar-refractivity contribution >= 4 is 22.5 Å². The number of amides is 2. The van der Waals surface area contributed by atoms with Crippen molar-refractivity contribution in [3.8, 4) is 0 Å². The Morgan fingerprint density at radius 2 is 2.23 bits per heavy atom. The molecule has 0 bridgehead atoms. The zero-order valence-corrected chi connectivity index (χ0v) is 14.1. The van der Waals surface area contributed by atoms with Crippen LogP contribution in [0.5, 0.6) is 0 Å². The van der Waals surface area contributed by atoms with E-state index >= 15 is 0 Å². The lowest BCUT2D eigenvalue weighted by Crippen LogP contribution is -2.37. The first-order valence-corrected chi connectivity index (χ1v) is 9.13. The molecule has 6 heteroatoms. The Morgan fingerprint density at radius 1 is 1.45 bits per heavy atom. The van der Waals surface area contributed by atoms with Gasteiger partial charge in [0.15, 0.2) is 0 Å². The first-order chi connectivity index (χ1) is 10.5. The zero-order valence-electron chi connectivity index (χ0n) is 13.3. The molecule has 1 aliphatic rings. The van der Waals surface area contributed by atoms with Crippen molar-refractivity contribution in [2.45, 2.75) is 31.3 Å². The Bertz CT molecular complexity index is 548. The molecule has 2 N–H and O–H groups in total. The fourth-order valence-corrected chi connectivity index (χ4v) is 3.33. The van der Waals surface area contributed by atoms with Crippen molar-refractivity contribution in [1.82, 2.24) is 5.32 Å². The van der Waals surface area contributed by atoms with E-state index in [1.54, 1.807) is 30.5 Å². The van der Waals surface area contributed by atoms with Crippen LogP contribution in [0.1, 0.15) is 20.3 Å². The Kier molecular flexibility index (Phi) is 5.97. The van der Waals surface area contributed by atoms with E-state index in [0.717, 1.165) is 13.0 Å². The summed E-state index contributed by atoms with van der Waals surface area (Å²) in [5.41, 5.74) is 0.647. The van der Waals surface area contributed by atoms with Gasteiger partial charge in [-0.1, -0.05) is 19.9 Å². The van der Waals surface area contributed by atoms with E-state index < -0.39 is 10.8 Å². The minimum atomic E-state index is -1.06. The number of nitrogens with one attached hydrogen (secondary N) is 2. The Hall–Kier alpha value is -1.40. The third kappa shape index (κ3) is 4.55. The van der Waals surface area contributed by atoms with E-state index in [9.17, 15) is 9.00 Å². The molecule has 0 unspecified atom stereocenters. The molecule has 0 saturated carbocycles. The quantitative estimate of drug-likeness (QED) is 0.875. The minimum absolute atomic E-state index is 0.214. The van der Waals surface area contributed by atoms with Gasteiger partial charge in [0.05, 0.1) is 6.10 Å². The van der Waals surface area contributed by atoms with E-state index in [4.69, 9.17) is 4.74 Å². The number of carbonyl (C=O) groups excluding carboxylic acids is 1. The Balaban J connectivity index is 1.85. The summed E-state index contributed by atoms with van der Waals surface area (Å²) in [6, 6.07) is 6.83. The number of carbonyl (C=O) groups is 1. The van der Waals surface area contributed by atoms with Gasteiger partial charge in [-0.05, 0) is 30.5 Å². The van der Waals surface area contributed by atoms with Crippen LogP contribution in [0, 0.1) is 11.8 Å². The van der Waals surface area contributed by atoms with Gasteiger partial charge in [-0.2, -0.15) is 0 Å². The predicted octanol–water partition coefficient (Wildman–Crippen LogP) is 2.61. The molecule has 0 spiro atoms. The molecular formula is C16H24N2O3S. The highest BCUT2D eigenvalue weighted by atomic mass is 32.2. The topological polar surface area (TPSA) is 67.4 Å². The van der Waals surface area contributed by atoms with E-state index in [0.29, 0.717) is 29.0 Å². The summed E-state index contributed by atoms with van der Waals surface area (Å²) in [5, 5.41) is 5.68. The largest absolute Gasteiger partial charge is 0.378 e. The number of hydrogen-bond donors (Lipinski definition) is 2. The molecule has 0 aromatic heterocycles. The third-order valence-corrected chi connectivity index (χ3v) is 4.79. The van der Waals surface area contributed by atoms with E-state index in [-0.39, 0.29) is 12.1 Å². The van der Waals surface area contributed by atoms with Gasteiger partial charge < -0.3 is 15.4 Å². The summed E-state index contributed by atoms with van der Waals surface area (Å²) < 4.78 is 17.2. The van der Waals surface area contributed by atoms with Gasteiger partial charge in [0.25, 0.3) is 0 Å². The summed E-state index contributed by atoms with van der Waals surface area (Å²) in [6.07, 6.45) is 2.81. The molecule has 1 heterocycles. The standard InChI is InChI=1S/C16H24N2O3S/c1-11(2)15-12(7-8-21-15)10-17-16(19)18-13-5-4-6-14(9-13)22(3)20/h4-6,9,11-12,15H,7-8,10H2,1-3H3,(H2,17,18,19)/t12-,15+,22+/m1/s1. The molecule has 1 aliphatic heterocycles. The second-order valence-corrected chi connectivity index (χ2v) is 7.32. The van der Waals surface area contributed by atoms with E-state index in [1.807, 2.05) is 0 Å². The van der Waals surface area contributed by atoms with E-state index in [1.165, 1.54) is 0 Å².